The number of aromatic nitrogens is 5. The van der Waals surface area contributed by atoms with Crippen molar-refractivity contribution in [3.8, 4) is 11.5 Å². The van der Waals surface area contributed by atoms with Gasteiger partial charge in [0.25, 0.3) is 0 Å². The van der Waals surface area contributed by atoms with E-state index in [4.69, 9.17) is 0 Å². The van der Waals surface area contributed by atoms with Crippen LogP contribution in [0.25, 0.3) is 17.0 Å². The van der Waals surface area contributed by atoms with Crippen molar-refractivity contribution in [2.45, 2.75) is 12.8 Å². The highest BCUT2D eigenvalue weighted by Gasteiger charge is 2.32. The summed E-state index contributed by atoms with van der Waals surface area (Å²) < 4.78 is 54.4. The largest absolute Gasteiger partial charge is 0.433 e. The van der Waals surface area contributed by atoms with E-state index in [9.17, 15) is 22.7 Å². The van der Waals surface area contributed by atoms with Crippen LogP contribution in [0.3, 0.4) is 0 Å². The van der Waals surface area contributed by atoms with Crippen molar-refractivity contribution in [2.75, 3.05) is 5.32 Å². The lowest BCUT2D eigenvalue weighted by molar-refractivity contribution is -0.141. The number of hydrogen-bond acceptors (Lipinski definition) is 6. The first kappa shape index (κ1) is 18.7. The van der Waals surface area contributed by atoms with Crippen LogP contribution in [0.5, 0.6) is 0 Å². The summed E-state index contributed by atoms with van der Waals surface area (Å²) >= 11 is 0. The zero-order valence-electron chi connectivity index (χ0n) is 14.5. The Balaban J connectivity index is 1.88. The van der Waals surface area contributed by atoms with Gasteiger partial charge in [-0.3, -0.25) is 4.98 Å². The summed E-state index contributed by atoms with van der Waals surface area (Å²) in [7, 11) is 0. The molecule has 0 aliphatic rings. The van der Waals surface area contributed by atoms with Gasteiger partial charge < -0.3 is 10.4 Å². The van der Waals surface area contributed by atoms with Gasteiger partial charge in [-0.15, -0.1) is 5.10 Å². The Hall–Kier alpha value is -3.60. The highest BCUT2D eigenvalue weighted by atomic mass is 19.4. The summed E-state index contributed by atoms with van der Waals surface area (Å²) in [6.07, 6.45) is -0.752. The fraction of sp³-hybridized carbons (Fsp3) is 0.111. The first-order chi connectivity index (χ1) is 13.9. The Morgan fingerprint density at radius 1 is 1.10 bits per heavy atom. The molecular formula is C18H12F4N6O. The van der Waals surface area contributed by atoms with Gasteiger partial charge in [-0.25, -0.2) is 18.9 Å². The summed E-state index contributed by atoms with van der Waals surface area (Å²) in [5, 5.41) is 16.5. The number of alkyl halides is 3. The van der Waals surface area contributed by atoms with Crippen molar-refractivity contribution < 1.29 is 22.7 Å². The average molecular weight is 404 g/mol. The number of fused-ring (bicyclic) bond motifs is 1. The van der Waals surface area contributed by atoms with Crippen LogP contribution in [0.4, 0.5) is 29.1 Å². The van der Waals surface area contributed by atoms with Gasteiger partial charge in [0.15, 0.2) is 11.6 Å². The maximum Gasteiger partial charge on any atom is 0.433 e. The van der Waals surface area contributed by atoms with Gasteiger partial charge in [-0.1, -0.05) is 6.07 Å². The maximum absolute atomic E-state index is 14.0. The van der Waals surface area contributed by atoms with Gasteiger partial charge in [0.05, 0.1) is 18.5 Å². The normalized spacial score (nSPS) is 11.8. The number of nitrogens with one attached hydrogen (secondary N) is 1. The van der Waals surface area contributed by atoms with Crippen molar-refractivity contribution in [1.82, 2.24) is 24.6 Å². The summed E-state index contributed by atoms with van der Waals surface area (Å²) in [5.41, 5.74) is -0.352. The molecule has 0 saturated heterocycles. The van der Waals surface area contributed by atoms with Gasteiger partial charge in [-0.2, -0.15) is 13.2 Å². The van der Waals surface area contributed by atoms with Crippen LogP contribution in [-0.2, 0) is 12.8 Å². The van der Waals surface area contributed by atoms with E-state index < -0.39 is 17.7 Å². The number of pyridine rings is 2. The van der Waals surface area contributed by atoms with Gasteiger partial charge in [0, 0.05) is 18.0 Å². The second-order valence-corrected chi connectivity index (χ2v) is 5.96. The van der Waals surface area contributed by atoms with Gasteiger partial charge >= 0.3 is 6.18 Å². The number of aliphatic hydroxyl groups excluding tert-OH is 1. The third-order valence-electron chi connectivity index (χ3n) is 4.06. The standard InChI is InChI=1S/C18H12F4N6O/c19-11-8-23-6-4-12(11)25-17-15-10(9-29)5-7-28(15)27-16(26-17)13-2-1-3-14(24-13)18(20,21)22/h1-8,29H,9H2,(H,23,25,26,27). The summed E-state index contributed by atoms with van der Waals surface area (Å²) in [5.74, 6) is -0.672. The van der Waals surface area contributed by atoms with E-state index in [-0.39, 0.29) is 29.6 Å². The molecule has 0 spiro atoms. The quantitative estimate of drug-likeness (QED) is 0.506. The van der Waals surface area contributed by atoms with E-state index in [1.54, 1.807) is 6.07 Å². The summed E-state index contributed by atoms with van der Waals surface area (Å²) in [6.45, 7) is -0.339. The lowest BCUT2D eigenvalue weighted by Gasteiger charge is -2.12. The predicted octanol–water partition coefficient (Wildman–Crippen LogP) is 3.58. The molecule has 0 aliphatic carbocycles. The summed E-state index contributed by atoms with van der Waals surface area (Å²) in [6, 6.07) is 6.32. The molecule has 0 unspecified atom stereocenters. The lowest BCUT2D eigenvalue weighted by Crippen LogP contribution is -2.10. The number of aliphatic hydroxyl groups is 1. The minimum Gasteiger partial charge on any atom is -0.392 e. The van der Waals surface area contributed by atoms with Gasteiger partial charge in [-0.05, 0) is 24.3 Å². The van der Waals surface area contributed by atoms with E-state index in [1.165, 1.54) is 35.1 Å². The van der Waals surface area contributed by atoms with Crippen molar-refractivity contribution >= 4 is 17.0 Å². The molecule has 0 aromatic carbocycles. The molecule has 0 saturated carbocycles. The van der Waals surface area contributed by atoms with E-state index in [1.807, 2.05) is 0 Å². The molecule has 4 aromatic heterocycles. The molecule has 7 nitrogen and oxygen atoms in total. The average Bonchev–Trinajstić information content (AvgIpc) is 3.12. The SMILES string of the molecule is OCc1ccn2nc(-c3cccc(C(F)(F)F)n3)nc(Nc3ccncc3F)c12. The number of nitrogens with zero attached hydrogens (tertiary/aromatic N) is 5. The molecule has 0 atom stereocenters. The van der Waals surface area contributed by atoms with Crippen LogP contribution in [0.2, 0.25) is 0 Å². The molecule has 4 aromatic rings. The third kappa shape index (κ3) is 3.59. The van der Waals surface area contributed by atoms with Crippen LogP contribution in [0.1, 0.15) is 11.3 Å². The zero-order valence-corrected chi connectivity index (χ0v) is 14.5. The maximum atomic E-state index is 14.0. The number of halogens is 4. The molecule has 0 amide bonds. The fourth-order valence-electron chi connectivity index (χ4n) is 2.73. The molecule has 0 radical (unpaired) electrons. The Morgan fingerprint density at radius 2 is 1.93 bits per heavy atom. The van der Waals surface area contributed by atoms with Crippen molar-refractivity contribution in [3.63, 3.8) is 0 Å². The van der Waals surface area contributed by atoms with E-state index in [0.717, 1.165) is 12.3 Å². The Bertz CT molecular complexity index is 1190. The van der Waals surface area contributed by atoms with Gasteiger partial charge in [0.2, 0.25) is 5.82 Å². The smallest absolute Gasteiger partial charge is 0.392 e. The molecule has 0 bridgehead atoms. The second kappa shape index (κ2) is 7.09. The monoisotopic (exact) mass is 404 g/mol. The second-order valence-electron chi connectivity index (χ2n) is 5.96. The van der Waals surface area contributed by atoms with Crippen molar-refractivity contribution in [2.24, 2.45) is 0 Å². The van der Waals surface area contributed by atoms with Gasteiger partial charge in [0.1, 0.15) is 16.9 Å². The first-order valence-corrected chi connectivity index (χ1v) is 8.27. The van der Waals surface area contributed by atoms with Crippen LogP contribution in [0, 0.1) is 5.82 Å². The Kier molecular flexibility index (Phi) is 4.59. The topological polar surface area (TPSA) is 88.2 Å². The third-order valence-corrected chi connectivity index (χ3v) is 4.06. The molecule has 11 heteroatoms. The number of hydrogen-bond donors (Lipinski definition) is 2. The molecule has 4 heterocycles. The van der Waals surface area contributed by atoms with Crippen LogP contribution in [-0.4, -0.2) is 29.7 Å². The number of anilines is 2. The Morgan fingerprint density at radius 3 is 2.66 bits per heavy atom. The molecule has 0 fully saturated rings. The molecule has 29 heavy (non-hydrogen) atoms. The van der Waals surface area contributed by atoms with Crippen LogP contribution >= 0.6 is 0 Å². The van der Waals surface area contributed by atoms with E-state index in [2.05, 4.69) is 25.4 Å². The molecule has 2 N–H and O–H groups in total. The molecule has 0 aliphatic heterocycles. The molecular weight excluding hydrogens is 392 g/mol. The molecule has 148 valence electrons. The minimum absolute atomic E-state index is 0.0497. The first-order valence-electron chi connectivity index (χ1n) is 8.27. The van der Waals surface area contributed by atoms with Crippen LogP contribution < -0.4 is 5.32 Å². The predicted molar refractivity (Wildman–Crippen MR) is 94.6 cm³/mol. The fourth-order valence-corrected chi connectivity index (χ4v) is 2.73. The lowest BCUT2D eigenvalue weighted by atomic mass is 10.2. The Labute approximate surface area is 160 Å². The van der Waals surface area contributed by atoms with Crippen LogP contribution in [0.15, 0.2) is 48.9 Å². The van der Waals surface area contributed by atoms with Crippen molar-refractivity contribution in [3.05, 3.63) is 66.0 Å². The highest BCUT2D eigenvalue weighted by Crippen LogP contribution is 2.30. The van der Waals surface area contributed by atoms with E-state index in [0.29, 0.717) is 11.1 Å². The number of rotatable bonds is 4. The van der Waals surface area contributed by atoms with Crippen molar-refractivity contribution in [1.29, 1.82) is 0 Å². The highest BCUT2D eigenvalue weighted by molar-refractivity contribution is 5.78. The minimum atomic E-state index is -4.63. The van der Waals surface area contributed by atoms with E-state index >= 15 is 0 Å². The zero-order chi connectivity index (χ0) is 20.6. The molecule has 4 rings (SSSR count). The summed E-state index contributed by atoms with van der Waals surface area (Å²) in [4.78, 5) is 11.5.